The predicted molar refractivity (Wildman–Crippen MR) is 37.5 cm³/mol. The van der Waals surface area contributed by atoms with Crippen LogP contribution in [0.5, 0.6) is 5.75 Å². The van der Waals surface area contributed by atoms with E-state index in [9.17, 15) is 4.39 Å². The summed E-state index contributed by atoms with van der Waals surface area (Å²) >= 11 is 0. The highest BCUT2D eigenvalue weighted by Gasteiger charge is 2.08. The van der Waals surface area contributed by atoms with Crippen LogP contribution in [0.4, 0.5) is 4.39 Å². The Hall–Kier alpha value is -1.56. The van der Waals surface area contributed by atoms with Crippen LogP contribution in [0.2, 0.25) is 0 Å². The van der Waals surface area contributed by atoms with E-state index in [1.165, 1.54) is 12.1 Å². The number of aromatic hydroxyl groups is 1. The first-order valence-electron chi connectivity index (χ1n) is 3.05. The number of benzene rings is 1. The Labute approximate surface area is 63.5 Å². The summed E-state index contributed by atoms with van der Waals surface area (Å²) in [5.41, 5.74) is 0.438. The van der Waals surface area contributed by atoms with Gasteiger partial charge in [-0.1, -0.05) is 6.07 Å². The Morgan fingerprint density at radius 2 is 2.18 bits per heavy atom. The molecule has 0 saturated carbocycles. The molecule has 1 aromatic rings. The lowest BCUT2D eigenvalue weighted by molar-refractivity contribution is 0.431. The Kier molecular flexibility index (Phi) is 1.77. The molecule has 3 heteroatoms. The van der Waals surface area contributed by atoms with E-state index in [1.807, 2.05) is 0 Å². The summed E-state index contributed by atoms with van der Waals surface area (Å²) in [4.78, 5) is 0. The van der Waals surface area contributed by atoms with Crippen LogP contribution in [0.15, 0.2) is 12.1 Å². The normalized spacial score (nSPS) is 9.18. The third-order valence-electron chi connectivity index (χ3n) is 1.44. The van der Waals surface area contributed by atoms with E-state index >= 15 is 0 Å². The second kappa shape index (κ2) is 2.59. The molecule has 0 heterocycles. The zero-order chi connectivity index (χ0) is 8.43. The van der Waals surface area contributed by atoms with Crippen LogP contribution in [-0.2, 0) is 0 Å². The minimum absolute atomic E-state index is 0.0926. The number of phenols is 1. The summed E-state index contributed by atoms with van der Waals surface area (Å²) in [5, 5.41) is 17.3. The number of halogens is 1. The van der Waals surface area contributed by atoms with Gasteiger partial charge in [-0.05, 0) is 18.6 Å². The fourth-order valence-electron chi connectivity index (χ4n) is 0.799. The predicted octanol–water partition coefficient (Wildman–Crippen LogP) is 1.71. The number of hydrogen-bond acceptors (Lipinski definition) is 2. The third-order valence-corrected chi connectivity index (χ3v) is 1.44. The molecule has 0 aliphatic rings. The molecule has 0 unspecified atom stereocenters. The van der Waals surface area contributed by atoms with Crippen LogP contribution in [-0.4, -0.2) is 5.11 Å². The zero-order valence-corrected chi connectivity index (χ0v) is 5.93. The molecule has 0 fully saturated rings. The Morgan fingerprint density at radius 3 is 2.64 bits per heavy atom. The van der Waals surface area contributed by atoms with E-state index in [-0.39, 0.29) is 5.56 Å². The topological polar surface area (TPSA) is 44.0 Å². The molecule has 0 saturated heterocycles. The van der Waals surface area contributed by atoms with Gasteiger partial charge in [-0.25, -0.2) is 4.39 Å². The van der Waals surface area contributed by atoms with Crippen LogP contribution in [0.25, 0.3) is 0 Å². The van der Waals surface area contributed by atoms with E-state index in [2.05, 4.69) is 0 Å². The number of nitriles is 1. The maximum Gasteiger partial charge on any atom is 0.182 e. The van der Waals surface area contributed by atoms with Crippen molar-refractivity contribution < 1.29 is 9.50 Å². The van der Waals surface area contributed by atoms with Crippen molar-refractivity contribution in [3.63, 3.8) is 0 Å². The molecule has 0 radical (unpaired) electrons. The van der Waals surface area contributed by atoms with E-state index in [1.54, 1.807) is 13.0 Å². The van der Waals surface area contributed by atoms with Crippen LogP contribution >= 0.6 is 0 Å². The van der Waals surface area contributed by atoms with Gasteiger partial charge in [-0.2, -0.15) is 5.26 Å². The summed E-state index contributed by atoms with van der Waals surface area (Å²) in [7, 11) is 0. The van der Waals surface area contributed by atoms with E-state index in [4.69, 9.17) is 10.4 Å². The first-order valence-corrected chi connectivity index (χ1v) is 3.05. The molecule has 0 spiro atoms. The van der Waals surface area contributed by atoms with Gasteiger partial charge in [0.25, 0.3) is 0 Å². The first kappa shape index (κ1) is 7.55. The van der Waals surface area contributed by atoms with Gasteiger partial charge in [0.15, 0.2) is 11.6 Å². The lowest BCUT2D eigenvalue weighted by atomic mass is 10.1. The van der Waals surface area contributed by atoms with Crippen molar-refractivity contribution in [3.8, 4) is 11.8 Å². The molecule has 0 aliphatic carbocycles. The van der Waals surface area contributed by atoms with E-state index in [0.717, 1.165) is 0 Å². The third kappa shape index (κ3) is 1.15. The van der Waals surface area contributed by atoms with E-state index in [0.29, 0.717) is 5.56 Å². The smallest absolute Gasteiger partial charge is 0.182 e. The lowest BCUT2D eigenvalue weighted by Gasteiger charge is -1.99. The van der Waals surface area contributed by atoms with Gasteiger partial charge in [-0.3, -0.25) is 0 Å². The summed E-state index contributed by atoms with van der Waals surface area (Å²) in [5.74, 6) is -1.32. The van der Waals surface area contributed by atoms with Gasteiger partial charge < -0.3 is 5.11 Å². The number of nitrogens with zero attached hydrogens (tertiary/aromatic N) is 1. The minimum Gasteiger partial charge on any atom is -0.505 e. The molecule has 0 aromatic heterocycles. The van der Waals surface area contributed by atoms with Crippen molar-refractivity contribution in [3.05, 3.63) is 29.1 Å². The minimum atomic E-state index is -0.840. The molecule has 1 aromatic carbocycles. The maximum absolute atomic E-state index is 12.8. The number of phenolic OH excluding ortho intramolecular Hbond substituents is 1. The van der Waals surface area contributed by atoms with Crippen LogP contribution in [0.3, 0.4) is 0 Å². The monoisotopic (exact) mass is 151 g/mol. The van der Waals surface area contributed by atoms with Crippen LogP contribution < -0.4 is 0 Å². The second-order valence-electron chi connectivity index (χ2n) is 2.20. The van der Waals surface area contributed by atoms with Crippen molar-refractivity contribution in [1.29, 1.82) is 5.26 Å². The van der Waals surface area contributed by atoms with Gasteiger partial charge in [0.1, 0.15) is 6.07 Å². The first-order chi connectivity index (χ1) is 5.16. The molecular formula is C8H6FNO. The highest BCUT2D eigenvalue weighted by atomic mass is 19.1. The van der Waals surface area contributed by atoms with Crippen LogP contribution in [0.1, 0.15) is 11.1 Å². The molecule has 0 atom stereocenters. The molecule has 1 rings (SSSR count). The SMILES string of the molecule is Cc1ccc(O)c(F)c1C#N. The second-order valence-corrected chi connectivity index (χ2v) is 2.20. The Balaban J connectivity index is 3.44. The van der Waals surface area contributed by atoms with Crippen molar-refractivity contribution >= 4 is 0 Å². The van der Waals surface area contributed by atoms with Crippen molar-refractivity contribution in [2.75, 3.05) is 0 Å². The van der Waals surface area contributed by atoms with E-state index < -0.39 is 11.6 Å². The molecule has 1 N–H and O–H groups in total. The fourth-order valence-corrected chi connectivity index (χ4v) is 0.799. The summed E-state index contributed by atoms with van der Waals surface area (Å²) in [6, 6.07) is 4.39. The molecule has 0 aliphatic heterocycles. The number of rotatable bonds is 0. The van der Waals surface area contributed by atoms with Gasteiger partial charge in [0.2, 0.25) is 0 Å². The fraction of sp³-hybridized carbons (Fsp3) is 0.125. The molecule has 11 heavy (non-hydrogen) atoms. The van der Waals surface area contributed by atoms with Crippen molar-refractivity contribution in [1.82, 2.24) is 0 Å². The zero-order valence-electron chi connectivity index (χ0n) is 5.93. The molecule has 0 amide bonds. The van der Waals surface area contributed by atoms with Gasteiger partial charge in [0, 0.05) is 0 Å². The molecule has 56 valence electrons. The largest absolute Gasteiger partial charge is 0.505 e. The molecular weight excluding hydrogens is 145 g/mol. The maximum atomic E-state index is 12.8. The van der Waals surface area contributed by atoms with Gasteiger partial charge in [0.05, 0.1) is 5.56 Å². The van der Waals surface area contributed by atoms with Crippen molar-refractivity contribution in [2.45, 2.75) is 6.92 Å². The lowest BCUT2D eigenvalue weighted by Crippen LogP contribution is -1.88. The van der Waals surface area contributed by atoms with Gasteiger partial charge in [-0.15, -0.1) is 0 Å². The average molecular weight is 151 g/mol. The number of aryl methyl sites for hydroxylation is 1. The van der Waals surface area contributed by atoms with Crippen molar-refractivity contribution in [2.24, 2.45) is 0 Å². The highest BCUT2D eigenvalue weighted by molar-refractivity contribution is 5.43. The average Bonchev–Trinajstić information content (AvgIpc) is 1.99. The van der Waals surface area contributed by atoms with Crippen LogP contribution in [0, 0.1) is 24.1 Å². The summed E-state index contributed by atoms with van der Waals surface area (Å²) < 4.78 is 12.8. The Morgan fingerprint density at radius 1 is 1.55 bits per heavy atom. The summed E-state index contributed by atoms with van der Waals surface area (Å²) in [6.07, 6.45) is 0. The highest BCUT2D eigenvalue weighted by Crippen LogP contribution is 2.20. The number of hydrogen-bond donors (Lipinski definition) is 1. The summed E-state index contributed by atoms with van der Waals surface area (Å²) in [6.45, 7) is 1.61. The van der Waals surface area contributed by atoms with Gasteiger partial charge >= 0.3 is 0 Å². The molecule has 0 bridgehead atoms. The molecule has 2 nitrogen and oxygen atoms in total. The quantitative estimate of drug-likeness (QED) is 0.613. The Bertz CT molecular complexity index is 328. The standard InChI is InChI=1S/C8H6FNO/c1-5-2-3-7(11)8(9)6(5)4-10/h2-3,11H,1H3.